The van der Waals surface area contributed by atoms with E-state index in [2.05, 4.69) is 4.37 Å². The van der Waals surface area contributed by atoms with Crippen molar-refractivity contribution < 1.29 is 14.6 Å². The second-order valence-electron chi connectivity index (χ2n) is 3.57. The van der Waals surface area contributed by atoms with Gasteiger partial charge < -0.3 is 9.84 Å². The fraction of sp³-hybridized carbons (Fsp3) is 0.167. The molecule has 5 heteroatoms. The summed E-state index contributed by atoms with van der Waals surface area (Å²) in [5.74, 6) is -0.249. The van der Waals surface area contributed by atoms with E-state index >= 15 is 0 Å². The van der Waals surface area contributed by atoms with Crippen molar-refractivity contribution in [2.24, 2.45) is 0 Å². The maximum Gasteiger partial charge on any atom is 0.338 e. The molecule has 1 N–H and O–H groups in total. The molecule has 0 saturated heterocycles. The molecule has 2 aromatic rings. The lowest BCUT2D eigenvalue weighted by Gasteiger charge is -2.05. The maximum atomic E-state index is 10.8. The minimum Gasteiger partial charge on any atom is -0.488 e. The minimum atomic E-state index is -0.971. The normalized spacial score (nSPS) is 10.2. The van der Waals surface area contributed by atoms with Gasteiger partial charge in [0.2, 0.25) is 0 Å². The molecule has 0 aliphatic carbocycles. The molecule has 4 nitrogen and oxygen atoms in total. The number of carbonyl (C=O) groups is 1. The van der Waals surface area contributed by atoms with Gasteiger partial charge in [0.15, 0.2) is 0 Å². The van der Waals surface area contributed by atoms with Gasteiger partial charge >= 0.3 is 5.97 Å². The molecule has 0 atom stereocenters. The highest BCUT2D eigenvalue weighted by Crippen LogP contribution is 2.18. The Hall–Kier alpha value is -1.88. The van der Waals surface area contributed by atoms with Crippen molar-refractivity contribution in [3.8, 4) is 5.75 Å². The number of carboxylic acids is 1. The first kappa shape index (κ1) is 11.6. The van der Waals surface area contributed by atoms with Gasteiger partial charge in [-0.2, -0.15) is 4.37 Å². The molecule has 0 saturated carbocycles. The molecule has 1 aromatic heterocycles. The summed E-state index contributed by atoms with van der Waals surface area (Å²) in [7, 11) is 0. The van der Waals surface area contributed by atoms with Gasteiger partial charge in [-0.1, -0.05) is 17.7 Å². The van der Waals surface area contributed by atoms with Gasteiger partial charge in [-0.05, 0) is 30.6 Å². The lowest BCUT2D eigenvalue weighted by molar-refractivity contribution is 0.0694. The molecule has 0 radical (unpaired) electrons. The standard InChI is InChI=1S/C12H11NO3S/c1-8-2-4-9(5-3-8)16-7-11-10(12(14)15)6-13-17-11/h2-6H,7H2,1H3,(H,14,15). The maximum absolute atomic E-state index is 10.8. The Bertz CT molecular complexity index is 519. The van der Waals surface area contributed by atoms with Crippen LogP contribution in [0.25, 0.3) is 0 Å². The molecule has 88 valence electrons. The van der Waals surface area contributed by atoms with Crippen LogP contribution in [0.15, 0.2) is 30.5 Å². The van der Waals surface area contributed by atoms with Crippen LogP contribution in [-0.4, -0.2) is 15.4 Å². The van der Waals surface area contributed by atoms with E-state index < -0.39 is 5.97 Å². The Labute approximate surface area is 103 Å². The zero-order chi connectivity index (χ0) is 12.3. The summed E-state index contributed by atoms with van der Waals surface area (Å²) >= 11 is 1.14. The zero-order valence-corrected chi connectivity index (χ0v) is 10.0. The molecular formula is C12H11NO3S. The summed E-state index contributed by atoms with van der Waals surface area (Å²) < 4.78 is 9.35. The molecule has 0 spiro atoms. The number of hydrogen-bond donors (Lipinski definition) is 1. The zero-order valence-electron chi connectivity index (χ0n) is 9.21. The van der Waals surface area contributed by atoms with Crippen LogP contribution >= 0.6 is 11.5 Å². The van der Waals surface area contributed by atoms with Gasteiger partial charge in [0.05, 0.1) is 16.6 Å². The molecule has 1 heterocycles. The Kier molecular flexibility index (Phi) is 3.39. The van der Waals surface area contributed by atoms with Crippen LogP contribution in [-0.2, 0) is 6.61 Å². The molecule has 0 aliphatic rings. The smallest absolute Gasteiger partial charge is 0.338 e. The minimum absolute atomic E-state index is 0.210. The quantitative estimate of drug-likeness (QED) is 0.905. The number of nitrogens with zero attached hydrogens (tertiary/aromatic N) is 1. The predicted molar refractivity (Wildman–Crippen MR) is 64.6 cm³/mol. The van der Waals surface area contributed by atoms with Gasteiger partial charge in [0, 0.05) is 0 Å². The number of aryl methyl sites for hydroxylation is 1. The van der Waals surface area contributed by atoms with Crippen molar-refractivity contribution >= 4 is 17.5 Å². The van der Waals surface area contributed by atoms with Crippen molar-refractivity contribution in [3.63, 3.8) is 0 Å². The summed E-state index contributed by atoms with van der Waals surface area (Å²) in [4.78, 5) is 11.5. The third kappa shape index (κ3) is 2.82. The van der Waals surface area contributed by atoms with Crippen LogP contribution in [0.2, 0.25) is 0 Å². The predicted octanol–water partition coefficient (Wildman–Crippen LogP) is 2.73. The van der Waals surface area contributed by atoms with Crippen molar-refractivity contribution in [3.05, 3.63) is 46.5 Å². The fourth-order valence-electron chi connectivity index (χ4n) is 1.33. The van der Waals surface area contributed by atoms with E-state index in [-0.39, 0.29) is 12.2 Å². The van der Waals surface area contributed by atoms with E-state index in [1.165, 1.54) is 6.20 Å². The van der Waals surface area contributed by atoms with E-state index in [1.54, 1.807) is 0 Å². The summed E-state index contributed by atoms with van der Waals surface area (Å²) in [6.07, 6.45) is 1.35. The number of aromatic carboxylic acids is 1. The van der Waals surface area contributed by atoms with Crippen LogP contribution in [0.4, 0.5) is 0 Å². The average molecular weight is 249 g/mol. The van der Waals surface area contributed by atoms with Crippen molar-refractivity contribution in [2.45, 2.75) is 13.5 Å². The lowest BCUT2D eigenvalue weighted by Crippen LogP contribution is -2.01. The van der Waals surface area contributed by atoms with E-state index in [0.29, 0.717) is 4.88 Å². The Morgan fingerprint density at radius 1 is 1.41 bits per heavy atom. The van der Waals surface area contributed by atoms with E-state index in [4.69, 9.17) is 9.84 Å². The van der Waals surface area contributed by atoms with Crippen molar-refractivity contribution in [2.75, 3.05) is 0 Å². The fourth-order valence-corrected chi connectivity index (χ4v) is 1.96. The van der Waals surface area contributed by atoms with Crippen LogP contribution in [0.5, 0.6) is 5.75 Å². The molecule has 0 unspecified atom stereocenters. The van der Waals surface area contributed by atoms with E-state index in [1.807, 2.05) is 31.2 Å². The molecule has 0 amide bonds. The van der Waals surface area contributed by atoms with Gasteiger partial charge in [0.25, 0.3) is 0 Å². The van der Waals surface area contributed by atoms with Crippen molar-refractivity contribution in [1.29, 1.82) is 0 Å². The second kappa shape index (κ2) is 4.97. The van der Waals surface area contributed by atoms with E-state index in [0.717, 1.165) is 22.8 Å². The van der Waals surface area contributed by atoms with Gasteiger partial charge in [-0.15, -0.1) is 0 Å². The third-order valence-corrected chi connectivity index (χ3v) is 3.04. The number of aromatic nitrogens is 1. The van der Waals surface area contributed by atoms with Crippen LogP contribution < -0.4 is 4.74 Å². The Balaban J connectivity index is 2.05. The van der Waals surface area contributed by atoms with Crippen molar-refractivity contribution in [1.82, 2.24) is 4.37 Å². The highest BCUT2D eigenvalue weighted by atomic mass is 32.1. The second-order valence-corrected chi connectivity index (χ2v) is 4.46. The highest BCUT2D eigenvalue weighted by molar-refractivity contribution is 7.06. The average Bonchev–Trinajstić information content (AvgIpc) is 2.76. The molecule has 17 heavy (non-hydrogen) atoms. The number of benzene rings is 1. The number of hydrogen-bond acceptors (Lipinski definition) is 4. The van der Waals surface area contributed by atoms with Crippen LogP contribution in [0.3, 0.4) is 0 Å². The van der Waals surface area contributed by atoms with Gasteiger partial charge in [-0.3, -0.25) is 0 Å². The van der Waals surface area contributed by atoms with Gasteiger partial charge in [0.1, 0.15) is 12.4 Å². The Morgan fingerprint density at radius 3 is 2.76 bits per heavy atom. The first-order chi connectivity index (χ1) is 8.16. The topological polar surface area (TPSA) is 59.4 Å². The molecule has 0 fully saturated rings. The molecule has 0 bridgehead atoms. The molecule has 1 aromatic carbocycles. The Morgan fingerprint density at radius 2 is 2.12 bits per heavy atom. The molecule has 2 rings (SSSR count). The number of ether oxygens (including phenoxy) is 1. The van der Waals surface area contributed by atoms with Crippen LogP contribution in [0, 0.1) is 6.92 Å². The SMILES string of the molecule is Cc1ccc(OCc2sncc2C(=O)O)cc1. The molecular weight excluding hydrogens is 238 g/mol. The first-order valence-corrected chi connectivity index (χ1v) is 5.80. The van der Waals surface area contributed by atoms with E-state index in [9.17, 15) is 4.79 Å². The first-order valence-electron chi connectivity index (χ1n) is 5.03. The number of carboxylic acid groups (broad SMARTS) is 1. The largest absolute Gasteiger partial charge is 0.488 e. The summed E-state index contributed by atoms with van der Waals surface area (Å²) in [6, 6.07) is 7.61. The highest BCUT2D eigenvalue weighted by Gasteiger charge is 2.12. The lowest BCUT2D eigenvalue weighted by atomic mass is 10.2. The summed E-state index contributed by atoms with van der Waals surface area (Å²) in [6.45, 7) is 2.23. The van der Waals surface area contributed by atoms with Gasteiger partial charge in [-0.25, -0.2) is 4.79 Å². The summed E-state index contributed by atoms with van der Waals surface area (Å²) in [5, 5.41) is 8.90. The summed E-state index contributed by atoms with van der Waals surface area (Å²) in [5.41, 5.74) is 1.36. The van der Waals surface area contributed by atoms with Crippen LogP contribution in [0.1, 0.15) is 20.8 Å². The number of rotatable bonds is 4. The monoisotopic (exact) mass is 249 g/mol. The molecule has 0 aliphatic heterocycles. The third-order valence-electron chi connectivity index (χ3n) is 2.27.